The Morgan fingerprint density at radius 2 is 2.29 bits per heavy atom. The van der Waals surface area contributed by atoms with Crippen molar-refractivity contribution in [1.82, 2.24) is 0 Å². The Hall–Kier alpha value is 0.0600. The van der Waals surface area contributed by atoms with Gasteiger partial charge in [0, 0.05) is 34.5 Å². The van der Waals surface area contributed by atoms with E-state index in [1.54, 1.807) is 11.3 Å². The molecule has 1 aliphatic heterocycles. The van der Waals surface area contributed by atoms with Gasteiger partial charge in [0.25, 0.3) is 0 Å². The highest BCUT2D eigenvalue weighted by Crippen LogP contribution is 2.28. The summed E-state index contributed by atoms with van der Waals surface area (Å²) in [7, 11) is 0. The predicted octanol–water partition coefficient (Wildman–Crippen LogP) is 2.95. The van der Waals surface area contributed by atoms with Crippen LogP contribution in [0.1, 0.15) is 23.8 Å². The van der Waals surface area contributed by atoms with Crippen LogP contribution in [0.15, 0.2) is 15.9 Å². The molecule has 1 aromatic heterocycles. The normalized spacial score (nSPS) is 19.4. The maximum Gasteiger partial charge on any atom is 0.104 e. The SMILES string of the molecule is NCC(OCC1CCOCC1)c1cc(Br)cs1. The maximum atomic E-state index is 5.94. The summed E-state index contributed by atoms with van der Waals surface area (Å²) >= 11 is 5.15. The topological polar surface area (TPSA) is 44.5 Å². The monoisotopic (exact) mass is 319 g/mol. The molecule has 5 heteroatoms. The molecule has 0 amide bonds. The summed E-state index contributed by atoms with van der Waals surface area (Å²) < 4.78 is 12.4. The second-order valence-corrected chi connectivity index (χ2v) is 6.14. The van der Waals surface area contributed by atoms with Gasteiger partial charge in [-0.05, 0) is 40.8 Å². The third kappa shape index (κ3) is 4.03. The third-order valence-electron chi connectivity index (χ3n) is 2.99. The summed E-state index contributed by atoms with van der Waals surface area (Å²) in [6.07, 6.45) is 2.24. The number of ether oxygens (including phenoxy) is 2. The lowest BCUT2D eigenvalue weighted by molar-refractivity contribution is -0.00762. The van der Waals surface area contributed by atoms with Crippen molar-refractivity contribution >= 4 is 27.3 Å². The number of halogens is 1. The van der Waals surface area contributed by atoms with E-state index in [0.717, 1.165) is 37.1 Å². The van der Waals surface area contributed by atoms with Crippen molar-refractivity contribution in [3.63, 3.8) is 0 Å². The van der Waals surface area contributed by atoms with Crippen LogP contribution in [0.2, 0.25) is 0 Å². The number of rotatable bonds is 5. The van der Waals surface area contributed by atoms with E-state index in [-0.39, 0.29) is 6.10 Å². The van der Waals surface area contributed by atoms with Gasteiger partial charge in [-0.25, -0.2) is 0 Å². The second-order valence-electron chi connectivity index (χ2n) is 4.28. The fourth-order valence-electron chi connectivity index (χ4n) is 1.93. The van der Waals surface area contributed by atoms with Gasteiger partial charge in [-0.1, -0.05) is 0 Å². The van der Waals surface area contributed by atoms with Gasteiger partial charge in [0.05, 0.1) is 6.61 Å². The van der Waals surface area contributed by atoms with Gasteiger partial charge in [-0.2, -0.15) is 0 Å². The first-order valence-electron chi connectivity index (χ1n) is 5.93. The van der Waals surface area contributed by atoms with E-state index in [1.807, 2.05) is 0 Å². The van der Waals surface area contributed by atoms with Crippen LogP contribution < -0.4 is 5.73 Å². The smallest absolute Gasteiger partial charge is 0.104 e. The third-order valence-corrected chi connectivity index (χ3v) is 4.78. The Labute approximate surface area is 114 Å². The molecule has 96 valence electrons. The number of hydrogen-bond acceptors (Lipinski definition) is 4. The van der Waals surface area contributed by atoms with Gasteiger partial charge in [0.1, 0.15) is 6.10 Å². The molecule has 1 atom stereocenters. The van der Waals surface area contributed by atoms with Crippen molar-refractivity contribution in [1.29, 1.82) is 0 Å². The van der Waals surface area contributed by atoms with Crippen molar-refractivity contribution in [2.75, 3.05) is 26.4 Å². The highest BCUT2D eigenvalue weighted by atomic mass is 79.9. The lowest BCUT2D eigenvalue weighted by atomic mass is 10.0. The molecule has 0 spiro atoms. The first-order chi connectivity index (χ1) is 8.29. The van der Waals surface area contributed by atoms with Crippen molar-refractivity contribution in [3.05, 3.63) is 20.8 Å². The van der Waals surface area contributed by atoms with Crippen LogP contribution in [0.25, 0.3) is 0 Å². The largest absolute Gasteiger partial charge is 0.381 e. The van der Waals surface area contributed by atoms with Crippen LogP contribution in [0, 0.1) is 5.92 Å². The van der Waals surface area contributed by atoms with E-state index < -0.39 is 0 Å². The highest BCUT2D eigenvalue weighted by molar-refractivity contribution is 9.10. The van der Waals surface area contributed by atoms with E-state index in [2.05, 4.69) is 27.4 Å². The molecule has 1 fully saturated rings. The van der Waals surface area contributed by atoms with Gasteiger partial charge in [0.2, 0.25) is 0 Å². The minimum Gasteiger partial charge on any atom is -0.381 e. The molecule has 1 unspecified atom stereocenters. The Morgan fingerprint density at radius 3 is 2.88 bits per heavy atom. The van der Waals surface area contributed by atoms with Gasteiger partial charge in [-0.3, -0.25) is 0 Å². The standard InChI is InChI=1S/C12H18BrNO2S/c13-10-5-12(17-8-10)11(6-14)16-7-9-1-3-15-4-2-9/h5,8-9,11H,1-4,6-7,14H2. The summed E-state index contributed by atoms with van der Waals surface area (Å²) in [5.74, 6) is 0.626. The molecule has 0 radical (unpaired) electrons. The van der Waals surface area contributed by atoms with Crippen molar-refractivity contribution in [2.45, 2.75) is 18.9 Å². The minimum absolute atomic E-state index is 0.0362. The molecule has 17 heavy (non-hydrogen) atoms. The van der Waals surface area contributed by atoms with Gasteiger partial charge >= 0.3 is 0 Å². The van der Waals surface area contributed by atoms with Crippen molar-refractivity contribution in [2.24, 2.45) is 11.7 Å². The fraction of sp³-hybridized carbons (Fsp3) is 0.667. The number of hydrogen-bond donors (Lipinski definition) is 1. The quantitative estimate of drug-likeness (QED) is 0.907. The molecule has 2 heterocycles. The average molecular weight is 320 g/mol. The summed E-state index contributed by atoms with van der Waals surface area (Å²) in [6, 6.07) is 2.09. The van der Waals surface area contributed by atoms with Crippen LogP contribution in [0.5, 0.6) is 0 Å². The summed E-state index contributed by atoms with van der Waals surface area (Å²) in [6.45, 7) is 3.06. The summed E-state index contributed by atoms with van der Waals surface area (Å²) in [5.41, 5.74) is 5.77. The zero-order valence-electron chi connectivity index (χ0n) is 9.73. The molecule has 3 nitrogen and oxygen atoms in total. The molecule has 0 aliphatic carbocycles. The van der Waals surface area contributed by atoms with E-state index in [9.17, 15) is 0 Å². The van der Waals surface area contributed by atoms with Crippen LogP contribution in [0.3, 0.4) is 0 Å². The zero-order chi connectivity index (χ0) is 12.1. The lowest BCUT2D eigenvalue weighted by Crippen LogP contribution is -2.23. The molecule has 0 bridgehead atoms. The van der Waals surface area contributed by atoms with Crippen LogP contribution in [-0.4, -0.2) is 26.4 Å². The Morgan fingerprint density at radius 1 is 1.53 bits per heavy atom. The van der Waals surface area contributed by atoms with Crippen molar-refractivity contribution in [3.8, 4) is 0 Å². The average Bonchev–Trinajstić information content (AvgIpc) is 2.78. The van der Waals surface area contributed by atoms with Crippen LogP contribution in [0.4, 0.5) is 0 Å². The predicted molar refractivity (Wildman–Crippen MR) is 73.3 cm³/mol. The fourth-order valence-corrected chi connectivity index (χ4v) is 3.44. The number of nitrogens with two attached hydrogens (primary N) is 1. The van der Waals surface area contributed by atoms with Crippen LogP contribution >= 0.6 is 27.3 Å². The first kappa shape index (κ1) is 13.5. The molecule has 0 aromatic carbocycles. The summed E-state index contributed by atoms with van der Waals surface area (Å²) in [5, 5.41) is 2.07. The molecule has 1 aromatic rings. The number of thiophene rings is 1. The molecule has 2 rings (SSSR count). The maximum absolute atomic E-state index is 5.94. The first-order valence-corrected chi connectivity index (χ1v) is 7.60. The van der Waals surface area contributed by atoms with Crippen LogP contribution in [-0.2, 0) is 9.47 Å². The zero-order valence-corrected chi connectivity index (χ0v) is 12.1. The Bertz CT molecular complexity index is 339. The highest BCUT2D eigenvalue weighted by Gasteiger charge is 2.18. The van der Waals surface area contributed by atoms with Gasteiger partial charge < -0.3 is 15.2 Å². The lowest BCUT2D eigenvalue weighted by Gasteiger charge is -2.24. The summed E-state index contributed by atoms with van der Waals surface area (Å²) in [4.78, 5) is 1.20. The van der Waals surface area contributed by atoms with Gasteiger partial charge in [-0.15, -0.1) is 11.3 Å². The van der Waals surface area contributed by atoms with Gasteiger partial charge in [0.15, 0.2) is 0 Å². The molecule has 0 saturated carbocycles. The van der Waals surface area contributed by atoms with E-state index in [1.165, 1.54) is 4.88 Å². The molecule has 1 aliphatic rings. The molecule has 1 saturated heterocycles. The Balaban J connectivity index is 1.82. The minimum atomic E-state index is 0.0362. The van der Waals surface area contributed by atoms with E-state index >= 15 is 0 Å². The molecular formula is C12H18BrNO2S. The second kappa shape index (κ2) is 6.85. The van der Waals surface area contributed by atoms with Crippen molar-refractivity contribution < 1.29 is 9.47 Å². The van der Waals surface area contributed by atoms with E-state index in [4.69, 9.17) is 15.2 Å². The Kier molecular flexibility index (Phi) is 5.44. The van der Waals surface area contributed by atoms with E-state index in [0.29, 0.717) is 12.5 Å². The molecule has 2 N–H and O–H groups in total. The molecular weight excluding hydrogens is 302 g/mol.